The van der Waals surface area contributed by atoms with Crippen molar-refractivity contribution in [2.24, 2.45) is 17.8 Å². The predicted octanol–water partition coefficient (Wildman–Crippen LogP) is 2.76. The minimum absolute atomic E-state index is 0.979. The van der Waals surface area contributed by atoms with Gasteiger partial charge in [0, 0.05) is 6.54 Å². The van der Waals surface area contributed by atoms with Gasteiger partial charge in [-0.1, -0.05) is 20.3 Å². The molecule has 0 aromatic heterocycles. The first-order chi connectivity index (χ1) is 6.31. The number of nitrogens with zero attached hydrogens (tertiary/aromatic N) is 1. The Balaban J connectivity index is 1.68. The summed E-state index contributed by atoms with van der Waals surface area (Å²) >= 11 is 0. The molecule has 1 nitrogen and oxygen atoms in total. The van der Waals surface area contributed by atoms with Crippen molar-refractivity contribution in [1.82, 2.24) is 4.90 Å². The molecule has 0 N–H and O–H groups in total. The Bertz CT molecular complexity index is 161. The Morgan fingerprint density at radius 2 is 2.00 bits per heavy atom. The normalized spacial score (nSPS) is 36.5. The second-order valence-corrected chi connectivity index (χ2v) is 5.05. The summed E-state index contributed by atoms with van der Waals surface area (Å²) in [7, 11) is 0. The SMILES string of the molecule is CCC(C)C1CC1CN1CCCC1. The van der Waals surface area contributed by atoms with Crippen molar-refractivity contribution in [3.05, 3.63) is 0 Å². The van der Waals surface area contributed by atoms with Crippen molar-refractivity contribution in [2.45, 2.75) is 39.5 Å². The van der Waals surface area contributed by atoms with E-state index < -0.39 is 0 Å². The zero-order chi connectivity index (χ0) is 9.26. The van der Waals surface area contributed by atoms with Gasteiger partial charge >= 0.3 is 0 Å². The molecule has 1 heteroatoms. The molecule has 0 bridgehead atoms. The molecule has 0 spiro atoms. The molecule has 1 saturated heterocycles. The zero-order valence-electron chi connectivity index (χ0n) is 9.13. The van der Waals surface area contributed by atoms with E-state index in [9.17, 15) is 0 Å². The summed E-state index contributed by atoms with van der Waals surface area (Å²) in [6.07, 6.45) is 5.79. The van der Waals surface area contributed by atoms with Crippen molar-refractivity contribution >= 4 is 0 Å². The highest BCUT2D eigenvalue weighted by Gasteiger charge is 2.40. The van der Waals surface area contributed by atoms with E-state index >= 15 is 0 Å². The standard InChI is InChI=1S/C12H23N/c1-3-10(2)12-8-11(12)9-13-6-4-5-7-13/h10-12H,3-9H2,1-2H3. The highest BCUT2D eigenvalue weighted by Crippen LogP contribution is 2.45. The van der Waals surface area contributed by atoms with Crippen LogP contribution in [0.5, 0.6) is 0 Å². The van der Waals surface area contributed by atoms with Crippen molar-refractivity contribution < 1.29 is 0 Å². The number of hydrogen-bond donors (Lipinski definition) is 0. The van der Waals surface area contributed by atoms with Gasteiger partial charge in [0.15, 0.2) is 0 Å². The third kappa shape index (κ3) is 2.25. The van der Waals surface area contributed by atoms with Crippen LogP contribution in [-0.4, -0.2) is 24.5 Å². The van der Waals surface area contributed by atoms with Crippen molar-refractivity contribution in [3.63, 3.8) is 0 Å². The third-order valence-electron chi connectivity index (χ3n) is 4.04. The lowest BCUT2D eigenvalue weighted by Gasteiger charge is -2.15. The topological polar surface area (TPSA) is 3.24 Å². The van der Waals surface area contributed by atoms with Gasteiger partial charge in [-0.05, 0) is 50.1 Å². The summed E-state index contributed by atoms with van der Waals surface area (Å²) in [5.41, 5.74) is 0. The first-order valence-electron chi connectivity index (χ1n) is 6.03. The molecule has 2 fully saturated rings. The maximum absolute atomic E-state index is 2.67. The van der Waals surface area contributed by atoms with Gasteiger partial charge in [-0.2, -0.15) is 0 Å². The fraction of sp³-hybridized carbons (Fsp3) is 1.00. The van der Waals surface area contributed by atoms with Crippen molar-refractivity contribution in [1.29, 1.82) is 0 Å². The van der Waals surface area contributed by atoms with Gasteiger partial charge in [0.2, 0.25) is 0 Å². The van der Waals surface area contributed by atoms with E-state index in [-0.39, 0.29) is 0 Å². The summed E-state index contributed by atoms with van der Waals surface area (Å²) in [4.78, 5) is 2.67. The van der Waals surface area contributed by atoms with Crippen molar-refractivity contribution in [3.8, 4) is 0 Å². The quantitative estimate of drug-likeness (QED) is 0.644. The highest BCUT2D eigenvalue weighted by atomic mass is 15.1. The highest BCUT2D eigenvalue weighted by molar-refractivity contribution is 4.91. The molecule has 3 unspecified atom stereocenters. The number of rotatable bonds is 4. The maximum Gasteiger partial charge on any atom is 0.00125 e. The molecule has 2 aliphatic rings. The largest absolute Gasteiger partial charge is 0.303 e. The third-order valence-corrected chi connectivity index (χ3v) is 4.04. The predicted molar refractivity (Wildman–Crippen MR) is 56.7 cm³/mol. The summed E-state index contributed by atoms with van der Waals surface area (Å²) in [5, 5.41) is 0. The van der Waals surface area contributed by atoms with Crippen LogP contribution in [0.25, 0.3) is 0 Å². The van der Waals surface area contributed by atoms with Gasteiger partial charge in [0.25, 0.3) is 0 Å². The Kier molecular flexibility index (Phi) is 2.92. The van der Waals surface area contributed by atoms with Gasteiger partial charge in [-0.25, -0.2) is 0 Å². The van der Waals surface area contributed by atoms with E-state index in [2.05, 4.69) is 18.7 Å². The van der Waals surface area contributed by atoms with Crippen LogP contribution >= 0.6 is 0 Å². The van der Waals surface area contributed by atoms with Crippen LogP contribution in [-0.2, 0) is 0 Å². The molecule has 3 atom stereocenters. The molecular weight excluding hydrogens is 158 g/mol. The first-order valence-corrected chi connectivity index (χ1v) is 6.03. The van der Waals surface area contributed by atoms with Gasteiger partial charge in [0.05, 0.1) is 0 Å². The molecule has 2 rings (SSSR count). The lowest BCUT2D eigenvalue weighted by Crippen LogP contribution is -2.22. The average Bonchev–Trinajstić information content (AvgIpc) is 2.69. The molecule has 1 saturated carbocycles. The zero-order valence-corrected chi connectivity index (χ0v) is 9.13. The molecule has 0 aromatic rings. The monoisotopic (exact) mass is 181 g/mol. The Morgan fingerprint density at radius 3 is 2.62 bits per heavy atom. The summed E-state index contributed by atoms with van der Waals surface area (Å²) in [5.74, 6) is 3.12. The number of hydrogen-bond acceptors (Lipinski definition) is 1. The minimum Gasteiger partial charge on any atom is -0.303 e. The van der Waals surface area contributed by atoms with Crippen LogP contribution < -0.4 is 0 Å². The molecule has 0 aromatic carbocycles. The molecular formula is C12H23N. The van der Waals surface area contributed by atoms with E-state index in [0.717, 1.165) is 17.8 Å². The second kappa shape index (κ2) is 4.00. The summed E-state index contributed by atoms with van der Waals surface area (Å²) < 4.78 is 0. The fourth-order valence-electron chi connectivity index (χ4n) is 2.78. The van der Waals surface area contributed by atoms with Crippen LogP contribution in [0.2, 0.25) is 0 Å². The van der Waals surface area contributed by atoms with Gasteiger partial charge in [0.1, 0.15) is 0 Å². The maximum atomic E-state index is 2.67. The van der Waals surface area contributed by atoms with Gasteiger partial charge < -0.3 is 4.90 Å². The lowest BCUT2D eigenvalue weighted by molar-refractivity contribution is 0.305. The Morgan fingerprint density at radius 1 is 1.31 bits per heavy atom. The van der Waals surface area contributed by atoms with Gasteiger partial charge in [-0.15, -0.1) is 0 Å². The summed E-state index contributed by atoms with van der Waals surface area (Å²) in [6, 6.07) is 0. The van der Waals surface area contributed by atoms with Crippen molar-refractivity contribution in [2.75, 3.05) is 19.6 Å². The lowest BCUT2D eigenvalue weighted by atomic mass is 10.0. The molecule has 1 aliphatic carbocycles. The molecule has 0 radical (unpaired) electrons. The second-order valence-electron chi connectivity index (χ2n) is 5.05. The van der Waals surface area contributed by atoms with E-state index in [4.69, 9.17) is 0 Å². The van der Waals surface area contributed by atoms with E-state index in [1.54, 1.807) is 0 Å². The van der Waals surface area contributed by atoms with Crippen LogP contribution in [0.4, 0.5) is 0 Å². The van der Waals surface area contributed by atoms with E-state index in [1.165, 1.54) is 45.3 Å². The minimum atomic E-state index is 0.979. The number of likely N-dealkylation sites (tertiary alicyclic amines) is 1. The fourth-order valence-corrected chi connectivity index (χ4v) is 2.78. The van der Waals surface area contributed by atoms with Crippen LogP contribution in [0.3, 0.4) is 0 Å². The van der Waals surface area contributed by atoms with E-state index in [0.29, 0.717) is 0 Å². The smallest absolute Gasteiger partial charge is 0.00125 e. The average molecular weight is 181 g/mol. The Labute approximate surface area is 82.5 Å². The van der Waals surface area contributed by atoms with Gasteiger partial charge in [-0.3, -0.25) is 0 Å². The molecule has 0 amide bonds. The van der Waals surface area contributed by atoms with Crippen LogP contribution in [0.1, 0.15) is 39.5 Å². The summed E-state index contributed by atoms with van der Waals surface area (Å²) in [6.45, 7) is 8.92. The molecule has 1 aliphatic heterocycles. The van der Waals surface area contributed by atoms with Crippen LogP contribution in [0.15, 0.2) is 0 Å². The first kappa shape index (κ1) is 9.51. The van der Waals surface area contributed by atoms with E-state index in [1.807, 2.05) is 0 Å². The van der Waals surface area contributed by atoms with Crippen LogP contribution in [0, 0.1) is 17.8 Å². The molecule has 13 heavy (non-hydrogen) atoms. The Hall–Kier alpha value is -0.0400. The molecule has 76 valence electrons. The molecule has 1 heterocycles.